The summed E-state index contributed by atoms with van der Waals surface area (Å²) < 4.78 is 61.9. The van der Waals surface area contributed by atoms with E-state index in [9.17, 15) is 26.4 Å². The third-order valence-corrected chi connectivity index (χ3v) is 8.43. The van der Waals surface area contributed by atoms with Crippen molar-refractivity contribution in [1.29, 1.82) is 0 Å². The van der Waals surface area contributed by atoms with Crippen LogP contribution in [0.2, 0.25) is 0 Å². The highest BCUT2D eigenvalue weighted by Gasteiger charge is 2.62. The van der Waals surface area contributed by atoms with Crippen LogP contribution in [0.5, 0.6) is 0 Å². The van der Waals surface area contributed by atoms with Gasteiger partial charge in [0.1, 0.15) is 4.75 Å². The van der Waals surface area contributed by atoms with Gasteiger partial charge in [-0.3, -0.25) is 9.78 Å². The standard InChI is InChI=1S/C17H22N2O4S.C2HF3O2/c20-16(14-2-1-6-18-8-14)19-11-17(12-19)15(5-7-24(17,21)22)10-23-9-13-3-4-13;3-2(4,5)1(6)7/h1-2,6,8,13,15H,3-5,7,9-12H2;(H,6,7). The zero-order valence-electron chi connectivity index (χ0n) is 16.5. The number of rotatable bonds is 5. The van der Waals surface area contributed by atoms with E-state index in [-0.39, 0.29) is 30.7 Å². The first-order valence-electron chi connectivity index (χ1n) is 9.76. The quantitative estimate of drug-likeness (QED) is 0.707. The Kier molecular flexibility index (Phi) is 6.61. The first kappa shape index (κ1) is 23.5. The third kappa shape index (κ3) is 5.17. The number of aliphatic carboxylic acids is 1. The van der Waals surface area contributed by atoms with Gasteiger partial charge in [-0.05, 0) is 37.3 Å². The summed E-state index contributed by atoms with van der Waals surface area (Å²) in [5.74, 6) is -2.02. The highest BCUT2D eigenvalue weighted by molar-refractivity contribution is 7.93. The van der Waals surface area contributed by atoms with Crippen LogP contribution in [0, 0.1) is 11.8 Å². The van der Waals surface area contributed by atoms with Crippen molar-refractivity contribution >= 4 is 21.7 Å². The number of carbonyl (C=O) groups excluding carboxylic acids is 1. The number of carbonyl (C=O) groups is 2. The van der Waals surface area contributed by atoms with E-state index in [1.165, 1.54) is 19.0 Å². The maximum absolute atomic E-state index is 12.6. The van der Waals surface area contributed by atoms with Crippen LogP contribution in [-0.4, -0.2) is 78.3 Å². The number of aromatic nitrogens is 1. The van der Waals surface area contributed by atoms with E-state index < -0.39 is 26.7 Å². The van der Waals surface area contributed by atoms with Crippen molar-refractivity contribution in [3.05, 3.63) is 30.1 Å². The average molecular weight is 464 g/mol. The molecular weight excluding hydrogens is 441 g/mol. The maximum atomic E-state index is 12.6. The van der Waals surface area contributed by atoms with Crippen LogP contribution >= 0.6 is 0 Å². The van der Waals surface area contributed by atoms with Crippen molar-refractivity contribution < 1.29 is 41.0 Å². The Labute approximate surface area is 177 Å². The van der Waals surface area contributed by atoms with E-state index >= 15 is 0 Å². The number of carboxylic acid groups (broad SMARTS) is 1. The molecule has 0 radical (unpaired) electrons. The van der Waals surface area contributed by atoms with E-state index in [1.807, 2.05) is 0 Å². The van der Waals surface area contributed by atoms with Gasteiger partial charge in [0.2, 0.25) is 0 Å². The van der Waals surface area contributed by atoms with Gasteiger partial charge in [-0.25, -0.2) is 13.2 Å². The highest BCUT2D eigenvalue weighted by atomic mass is 32.2. The number of ether oxygens (including phenoxy) is 1. The van der Waals surface area contributed by atoms with Gasteiger partial charge in [0.15, 0.2) is 9.84 Å². The minimum Gasteiger partial charge on any atom is -0.475 e. The number of likely N-dealkylation sites (tertiary alicyclic amines) is 1. The molecule has 3 fully saturated rings. The zero-order chi connectivity index (χ0) is 22.9. The van der Waals surface area contributed by atoms with Crippen LogP contribution in [0.25, 0.3) is 0 Å². The van der Waals surface area contributed by atoms with E-state index in [1.54, 1.807) is 23.2 Å². The molecule has 1 N–H and O–H groups in total. The normalized spacial score (nSPS) is 23.6. The maximum Gasteiger partial charge on any atom is 0.490 e. The Hall–Kier alpha value is -2.21. The van der Waals surface area contributed by atoms with E-state index in [4.69, 9.17) is 14.6 Å². The van der Waals surface area contributed by atoms with Gasteiger partial charge in [-0.2, -0.15) is 13.2 Å². The minimum absolute atomic E-state index is 0.000742. The molecule has 3 aliphatic rings. The summed E-state index contributed by atoms with van der Waals surface area (Å²) in [6.45, 7) is 1.79. The van der Waals surface area contributed by atoms with Crippen LogP contribution in [0.15, 0.2) is 24.5 Å². The molecule has 8 nitrogen and oxygen atoms in total. The molecule has 4 rings (SSSR count). The molecular formula is C19H23F3N2O6S. The van der Waals surface area contributed by atoms with Crippen LogP contribution < -0.4 is 0 Å². The summed E-state index contributed by atoms with van der Waals surface area (Å²) >= 11 is 0. The third-order valence-electron chi connectivity index (χ3n) is 5.82. The predicted octanol–water partition coefficient (Wildman–Crippen LogP) is 1.77. The minimum atomic E-state index is -5.08. The van der Waals surface area contributed by atoms with Crippen molar-refractivity contribution in [2.24, 2.45) is 11.8 Å². The molecule has 0 bridgehead atoms. The number of carboxylic acids is 1. The molecule has 1 saturated carbocycles. The van der Waals surface area contributed by atoms with Crippen molar-refractivity contribution in [2.75, 3.05) is 32.1 Å². The lowest BCUT2D eigenvalue weighted by Crippen LogP contribution is -2.68. The Morgan fingerprint density at radius 3 is 2.39 bits per heavy atom. The molecule has 1 aromatic heterocycles. The van der Waals surface area contributed by atoms with Gasteiger partial charge in [0.05, 0.1) is 17.9 Å². The molecule has 0 aromatic carbocycles. The fraction of sp³-hybridized carbons (Fsp3) is 0.632. The average Bonchev–Trinajstić information content (AvgIpc) is 3.44. The molecule has 31 heavy (non-hydrogen) atoms. The number of hydrogen-bond acceptors (Lipinski definition) is 6. The molecule has 172 valence electrons. The fourth-order valence-electron chi connectivity index (χ4n) is 3.78. The molecule has 1 amide bonds. The second-order valence-electron chi connectivity index (χ2n) is 8.06. The summed E-state index contributed by atoms with van der Waals surface area (Å²) in [5, 5.41) is 7.12. The van der Waals surface area contributed by atoms with Gasteiger partial charge in [-0.15, -0.1) is 0 Å². The van der Waals surface area contributed by atoms with Gasteiger partial charge in [0, 0.05) is 38.0 Å². The molecule has 12 heteroatoms. The first-order chi connectivity index (χ1) is 14.5. The van der Waals surface area contributed by atoms with Crippen LogP contribution in [0.3, 0.4) is 0 Å². The van der Waals surface area contributed by atoms with Gasteiger partial charge >= 0.3 is 12.1 Å². The van der Waals surface area contributed by atoms with E-state index in [0.717, 1.165) is 6.61 Å². The molecule has 1 atom stereocenters. The number of halogens is 3. The second-order valence-corrected chi connectivity index (χ2v) is 10.5. The summed E-state index contributed by atoms with van der Waals surface area (Å²) in [6.07, 6.45) is 1.14. The summed E-state index contributed by atoms with van der Waals surface area (Å²) in [6, 6.07) is 3.42. The number of hydrogen-bond donors (Lipinski definition) is 1. The highest BCUT2D eigenvalue weighted by Crippen LogP contribution is 2.45. The van der Waals surface area contributed by atoms with Gasteiger partial charge < -0.3 is 14.7 Å². The zero-order valence-corrected chi connectivity index (χ0v) is 17.4. The monoisotopic (exact) mass is 464 g/mol. The molecule has 1 aromatic rings. The fourth-order valence-corrected chi connectivity index (χ4v) is 6.18. The van der Waals surface area contributed by atoms with Crippen LogP contribution in [0.1, 0.15) is 29.6 Å². The largest absolute Gasteiger partial charge is 0.490 e. The molecule has 1 aliphatic carbocycles. The summed E-state index contributed by atoms with van der Waals surface area (Å²) in [5.41, 5.74) is 0.504. The molecule has 1 spiro atoms. The molecule has 1 unspecified atom stereocenters. The number of nitrogens with zero attached hydrogens (tertiary/aromatic N) is 2. The SMILES string of the molecule is O=C(O)C(F)(F)F.O=C(c1cccnc1)N1CC2(C1)C(COCC1CC1)CCS2(=O)=O. The van der Waals surface area contributed by atoms with Crippen molar-refractivity contribution in [3.8, 4) is 0 Å². The van der Waals surface area contributed by atoms with Crippen molar-refractivity contribution in [2.45, 2.75) is 30.2 Å². The van der Waals surface area contributed by atoms with Crippen LogP contribution in [0.4, 0.5) is 13.2 Å². The van der Waals surface area contributed by atoms with Crippen LogP contribution in [-0.2, 0) is 19.4 Å². The first-order valence-corrected chi connectivity index (χ1v) is 11.4. The topological polar surface area (TPSA) is 114 Å². The van der Waals surface area contributed by atoms with E-state index in [0.29, 0.717) is 24.5 Å². The molecule has 3 heterocycles. The van der Waals surface area contributed by atoms with Gasteiger partial charge in [-0.1, -0.05) is 0 Å². The van der Waals surface area contributed by atoms with Crippen molar-refractivity contribution in [3.63, 3.8) is 0 Å². The Morgan fingerprint density at radius 2 is 1.87 bits per heavy atom. The van der Waals surface area contributed by atoms with Gasteiger partial charge in [0.25, 0.3) is 5.91 Å². The number of sulfone groups is 1. The smallest absolute Gasteiger partial charge is 0.475 e. The molecule has 2 aliphatic heterocycles. The number of alkyl halides is 3. The summed E-state index contributed by atoms with van der Waals surface area (Å²) in [4.78, 5) is 26.9. The Morgan fingerprint density at radius 1 is 1.23 bits per heavy atom. The van der Waals surface area contributed by atoms with Crippen molar-refractivity contribution in [1.82, 2.24) is 9.88 Å². The lowest BCUT2D eigenvalue weighted by atomic mass is 9.83. The summed E-state index contributed by atoms with van der Waals surface area (Å²) in [7, 11) is -3.17. The molecule has 2 saturated heterocycles. The lowest BCUT2D eigenvalue weighted by Gasteiger charge is -2.49. The predicted molar refractivity (Wildman–Crippen MR) is 102 cm³/mol. The number of pyridine rings is 1. The Balaban J connectivity index is 0.000000339. The second kappa shape index (κ2) is 8.73. The number of amides is 1. The van der Waals surface area contributed by atoms with E-state index in [2.05, 4.69) is 4.98 Å². The lowest BCUT2D eigenvalue weighted by molar-refractivity contribution is -0.192. The Bertz CT molecular complexity index is 912.